The second kappa shape index (κ2) is 68.8. The van der Waals surface area contributed by atoms with Crippen molar-refractivity contribution >= 4 is 11.9 Å². The van der Waals surface area contributed by atoms with Crippen LogP contribution in [0, 0.1) is 0 Å². The molecule has 0 saturated carbocycles. The van der Waals surface area contributed by atoms with E-state index in [0.717, 1.165) is 38.5 Å². The number of hydrogen-bond acceptors (Lipinski definition) is 5. The van der Waals surface area contributed by atoms with E-state index in [4.69, 9.17) is 4.74 Å². The maximum absolute atomic E-state index is 12.5. The molecule has 0 aromatic heterocycles. The number of rotatable bonds is 68. The predicted octanol–water partition coefficient (Wildman–Crippen LogP) is 23.3. The molecule has 0 fully saturated rings. The number of carbonyl (C=O) groups excluding carboxylic acids is 2. The largest absolute Gasteiger partial charge is 0.466 e. The van der Waals surface area contributed by atoms with Gasteiger partial charge in [0.25, 0.3) is 0 Å². The summed E-state index contributed by atoms with van der Waals surface area (Å²) in [6, 6.07) is -0.629. The van der Waals surface area contributed by atoms with Crippen molar-refractivity contribution in [2.24, 2.45) is 0 Å². The number of esters is 1. The van der Waals surface area contributed by atoms with E-state index in [2.05, 4.69) is 31.3 Å². The lowest BCUT2D eigenvalue weighted by Gasteiger charge is -2.20. The average Bonchev–Trinajstić information content (AvgIpc) is 3.45. The molecular weight excluding hydrogens is 971 g/mol. The zero-order valence-corrected chi connectivity index (χ0v) is 53.6. The van der Waals surface area contributed by atoms with Gasteiger partial charge in [0.2, 0.25) is 5.91 Å². The lowest BCUT2D eigenvalue weighted by molar-refractivity contribution is -0.143. The van der Waals surface area contributed by atoms with Crippen molar-refractivity contribution < 1.29 is 24.5 Å². The first-order valence-electron chi connectivity index (χ1n) is 36.1. The Balaban J connectivity index is 3.40. The zero-order chi connectivity index (χ0) is 57.1. The Hall–Kier alpha value is -1.66. The summed E-state index contributed by atoms with van der Waals surface area (Å²) in [4.78, 5) is 24.6. The summed E-state index contributed by atoms with van der Waals surface area (Å²) in [6.07, 6.45) is 86.9. The van der Waals surface area contributed by atoms with E-state index in [1.807, 2.05) is 6.08 Å². The molecule has 0 aromatic rings. The molecule has 0 aliphatic heterocycles. The summed E-state index contributed by atoms with van der Waals surface area (Å²) in [5, 5.41) is 23.3. The van der Waals surface area contributed by atoms with E-state index in [1.165, 1.54) is 340 Å². The topological polar surface area (TPSA) is 95.9 Å². The first-order chi connectivity index (χ1) is 39.0. The Morgan fingerprint density at radius 2 is 0.595 bits per heavy atom. The van der Waals surface area contributed by atoms with Crippen LogP contribution in [0.25, 0.3) is 0 Å². The van der Waals surface area contributed by atoms with E-state index < -0.39 is 12.1 Å². The van der Waals surface area contributed by atoms with Crippen LogP contribution >= 0.6 is 0 Å². The van der Waals surface area contributed by atoms with Crippen LogP contribution < -0.4 is 5.32 Å². The van der Waals surface area contributed by atoms with Crippen LogP contribution in [0.15, 0.2) is 24.3 Å². The molecule has 3 N–H and O–H groups in total. The SMILES string of the molecule is CCCCCCCCCCCCCCCCCCCCCC/C=C/C(O)C(CO)NC(=O)CCCCCCCCCCCCCC/C=C\CCCCCCCCCCCCCCOC(=O)CCCCCCCCCCCCCC. The van der Waals surface area contributed by atoms with E-state index >= 15 is 0 Å². The van der Waals surface area contributed by atoms with Gasteiger partial charge in [0.15, 0.2) is 0 Å². The summed E-state index contributed by atoms with van der Waals surface area (Å²) in [5.74, 6) is -0.0466. The molecule has 0 aromatic carbocycles. The predicted molar refractivity (Wildman–Crippen MR) is 347 cm³/mol. The van der Waals surface area contributed by atoms with E-state index in [-0.39, 0.29) is 18.5 Å². The normalized spacial score (nSPS) is 12.6. The molecule has 0 aliphatic carbocycles. The third-order valence-electron chi connectivity index (χ3n) is 17.0. The van der Waals surface area contributed by atoms with Crippen LogP contribution in [0.1, 0.15) is 406 Å². The first-order valence-corrected chi connectivity index (χ1v) is 36.1. The Kier molecular flexibility index (Phi) is 67.4. The first kappa shape index (κ1) is 77.3. The number of aliphatic hydroxyl groups excluding tert-OH is 2. The molecule has 0 spiro atoms. The Labute approximate surface area is 494 Å². The van der Waals surface area contributed by atoms with Crippen molar-refractivity contribution in [3.8, 4) is 0 Å². The van der Waals surface area contributed by atoms with Gasteiger partial charge in [-0.2, -0.15) is 0 Å². The minimum Gasteiger partial charge on any atom is -0.466 e. The maximum Gasteiger partial charge on any atom is 0.305 e. The van der Waals surface area contributed by atoms with Gasteiger partial charge in [-0.1, -0.05) is 359 Å². The summed E-state index contributed by atoms with van der Waals surface area (Å²) in [7, 11) is 0. The number of carbonyl (C=O) groups is 2. The van der Waals surface area contributed by atoms with Crippen molar-refractivity contribution in [1.82, 2.24) is 5.32 Å². The summed E-state index contributed by atoms with van der Waals surface area (Å²) in [5.41, 5.74) is 0. The number of nitrogens with one attached hydrogen (secondary N) is 1. The fourth-order valence-corrected chi connectivity index (χ4v) is 11.5. The fraction of sp³-hybridized carbons (Fsp3) is 0.918. The van der Waals surface area contributed by atoms with Crippen molar-refractivity contribution in [2.75, 3.05) is 13.2 Å². The van der Waals surface area contributed by atoms with Crippen LogP contribution in [0.2, 0.25) is 0 Å². The molecule has 1 amide bonds. The van der Waals surface area contributed by atoms with Gasteiger partial charge in [0.1, 0.15) is 0 Å². The lowest BCUT2D eigenvalue weighted by atomic mass is 10.0. The standard InChI is InChI=1S/C73H141NO5/c1-3-5-7-9-11-13-15-17-18-19-20-21-30-33-36-39-42-45-49-53-57-61-65-71(76)70(69-75)74-72(77)66-62-58-54-50-46-43-40-37-34-31-28-26-24-22-23-25-27-29-32-35-38-41-44-48-52-56-60-64-68-79-73(78)67-63-59-55-51-47-16-14-12-10-8-6-4-2/h22-23,61,65,70-71,75-76H,3-21,24-60,62-64,66-69H2,1-2H3,(H,74,77)/b23-22-,65-61+. The van der Waals surface area contributed by atoms with Gasteiger partial charge < -0.3 is 20.3 Å². The highest BCUT2D eigenvalue weighted by Crippen LogP contribution is 2.19. The van der Waals surface area contributed by atoms with Gasteiger partial charge in [-0.15, -0.1) is 0 Å². The van der Waals surface area contributed by atoms with Crippen molar-refractivity contribution in [1.29, 1.82) is 0 Å². The number of hydrogen-bond donors (Lipinski definition) is 3. The number of ether oxygens (including phenoxy) is 1. The Bertz CT molecular complexity index is 1230. The third kappa shape index (κ3) is 65.4. The van der Waals surface area contributed by atoms with Crippen LogP contribution in [0.3, 0.4) is 0 Å². The van der Waals surface area contributed by atoms with E-state index in [1.54, 1.807) is 6.08 Å². The molecule has 0 saturated heterocycles. The van der Waals surface area contributed by atoms with Crippen molar-refractivity contribution in [3.05, 3.63) is 24.3 Å². The number of unbranched alkanes of at least 4 members (excludes halogenated alkanes) is 55. The molecule has 0 heterocycles. The van der Waals surface area contributed by atoms with Crippen LogP contribution in [-0.4, -0.2) is 47.4 Å². The monoisotopic (exact) mass is 1110 g/mol. The smallest absolute Gasteiger partial charge is 0.305 e. The van der Waals surface area contributed by atoms with Gasteiger partial charge >= 0.3 is 5.97 Å². The lowest BCUT2D eigenvalue weighted by Crippen LogP contribution is -2.45. The molecule has 6 heteroatoms. The minimum atomic E-state index is -0.845. The highest BCUT2D eigenvalue weighted by atomic mass is 16.5. The fourth-order valence-electron chi connectivity index (χ4n) is 11.5. The van der Waals surface area contributed by atoms with Gasteiger partial charge in [-0.05, 0) is 57.8 Å². The summed E-state index contributed by atoms with van der Waals surface area (Å²) >= 11 is 0. The Morgan fingerprint density at radius 1 is 0.342 bits per heavy atom. The van der Waals surface area contributed by atoms with Gasteiger partial charge in [-0.25, -0.2) is 0 Å². The minimum absolute atomic E-state index is 0.0169. The molecule has 0 aliphatic rings. The van der Waals surface area contributed by atoms with E-state index in [9.17, 15) is 19.8 Å². The molecule has 2 unspecified atom stereocenters. The second-order valence-corrected chi connectivity index (χ2v) is 24.9. The molecule has 79 heavy (non-hydrogen) atoms. The summed E-state index contributed by atoms with van der Waals surface area (Å²) in [6.45, 7) is 4.94. The highest BCUT2D eigenvalue weighted by molar-refractivity contribution is 5.76. The second-order valence-electron chi connectivity index (χ2n) is 24.9. The average molecular weight is 1110 g/mol. The van der Waals surface area contributed by atoms with E-state index in [0.29, 0.717) is 19.4 Å². The maximum atomic E-state index is 12.5. The zero-order valence-electron chi connectivity index (χ0n) is 53.6. The number of amides is 1. The number of aliphatic hydroxyl groups is 2. The third-order valence-corrected chi connectivity index (χ3v) is 17.0. The number of allylic oxidation sites excluding steroid dienone is 3. The molecule has 0 rings (SSSR count). The van der Waals surface area contributed by atoms with Crippen molar-refractivity contribution in [2.45, 2.75) is 418 Å². The van der Waals surface area contributed by atoms with Crippen LogP contribution in [-0.2, 0) is 14.3 Å². The molecule has 468 valence electrons. The molecule has 6 nitrogen and oxygen atoms in total. The van der Waals surface area contributed by atoms with Gasteiger partial charge in [-0.3, -0.25) is 9.59 Å². The highest BCUT2D eigenvalue weighted by Gasteiger charge is 2.18. The van der Waals surface area contributed by atoms with Crippen LogP contribution in [0.4, 0.5) is 0 Å². The van der Waals surface area contributed by atoms with Crippen LogP contribution in [0.5, 0.6) is 0 Å². The summed E-state index contributed by atoms with van der Waals surface area (Å²) < 4.78 is 5.48. The molecule has 0 radical (unpaired) electrons. The van der Waals surface area contributed by atoms with Crippen molar-refractivity contribution in [3.63, 3.8) is 0 Å². The molecule has 0 bridgehead atoms. The molecule has 2 atom stereocenters. The Morgan fingerprint density at radius 3 is 0.899 bits per heavy atom. The molecular formula is C73H141NO5. The van der Waals surface area contributed by atoms with Gasteiger partial charge in [0.05, 0.1) is 25.4 Å². The quantitative estimate of drug-likeness (QED) is 0.0320. The van der Waals surface area contributed by atoms with Gasteiger partial charge in [0, 0.05) is 12.8 Å².